The van der Waals surface area contributed by atoms with Gasteiger partial charge >= 0.3 is 0 Å². The smallest absolute Gasteiger partial charge is 0.194 e. The van der Waals surface area contributed by atoms with Crippen molar-refractivity contribution in [3.05, 3.63) is 77.1 Å². The Morgan fingerprint density at radius 3 is 2.43 bits per heavy atom. The summed E-state index contributed by atoms with van der Waals surface area (Å²) in [5.74, 6) is 0.950. The zero-order valence-electron chi connectivity index (χ0n) is 17.1. The molecule has 2 aromatic heterocycles. The van der Waals surface area contributed by atoms with Crippen molar-refractivity contribution in [3.8, 4) is 11.9 Å². The average molecular weight is 395 g/mol. The molecule has 2 aromatic carbocycles. The van der Waals surface area contributed by atoms with Crippen molar-refractivity contribution >= 4 is 22.9 Å². The van der Waals surface area contributed by atoms with E-state index in [1.165, 1.54) is 5.56 Å². The summed E-state index contributed by atoms with van der Waals surface area (Å²) in [5, 5.41) is 25.1. The third-order valence-corrected chi connectivity index (χ3v) is 4.78. The van der Waals surface area contributed by atoms with Crippen LogP contribution in [0.2, 0.25) is 0 Å². The van der Waals surface area contributed by atoms with Crippen LogP contribution in [0.4, 0.5) is 5.82 Å². The van der Waals surface area contributed by atoms with Gasteiger partial charge in [-0.1, -0.05) is 54.6 Å². The number of aliphatic imine (C=N–C) groups is 1. The van der Waals surface area contributed by atoms with E-state index in [1.807, 2.05) is 63.5 Å². The second-order valence-corrected chi connectivity index (χ2v) is 7.19. The number of nitrogens with zero attached hydrogens (tertiary/aromatic N) is 7. The lowest BCUT2D eigenvalue weighted by Gasteiger charge is -2.10. The lowest BCUT2D eigenvalue weighted by atomic mass is 10.0. The van der Waals surface area contributed by atoms with Gasteiger partial charge in [0.05, 0.1) is 17.7 Å². The van der Waals surface area contributed by atoms with Gasteiger partial charge in [-0.2, -0.15) is 10.4 Å². The summed E-state index contributed by atoms with van der Waals surface area (Å²) < 4.78 is 1.66. The van der Waals surface area contributed by atoms with Crippen LogP contribution < -0.4 is 0 Å². The molecule has 0 N–H and O–H groups in total. The van der Waals surface area contributed by atoms with Crippen molar-refractivity contribution in [2.75, 3.05) is 14.1 Å². The number of hydrogen-bond donors (Lipinski definition) is 0. The molecular formula is C23H21N7. The van der Waals surface area contributed by atoms with Gasteiger partial charge in [0.15, 0.2) is 11.6 Å². The molecule has 2 heterocycles. The van der Waals surface area contributed by atoms with Crippen molar-refractivity contribution in [1.29, 1.82) is 5.26 Å². The normalized spacial score (nSPS) is 11.1. The summed E-state index contributed by atoms with van der Waals surface area (Å²) in [6.45, 7) is 1.84. The second-order valence-electron chi connectivity index (χ2n) is 7.19. The number of benzene rings is 2. The molecule has 0 radical (unpaired) electrons. The topological polar surface area (TPSA) is 83.0 Å². The summed E-state index contributed by atoms with van der Waals surface area (Å²) in [6.07, 6.45) is 2.31. The fourth-order valence-corrected chi connectivity index (χ4v) is 3.31. The number of aromatic nitrogens is 4. The van der Waals surface area contributed by atoms with Gasteiger partial charge in [-0.05, 0) is 12.5 Å². The van der Waals surface area contributed by atoms with Gasteiger partial charge in [-0.25, -0.2) is 9.67 Å². The van der Waals surface area contributed by atoms with E-state index in [-0.39, 0.29) is 0 Å². The summed E-state index contributed by atoms with van der Waals surface area (Å²) in [6, 6.07) is 20.4. The molecule has 7 heteroatoms. The van der Waals surface area contributed by atoms with E-state index in [0.29, 0.717) is 29.3 Å². The van der Waals surface area contributed by atoms with Gasteiger partial charge in [0.1, 0.15) is 11.6 Å². The summed E-state index contributed by atoms with van der Waals surface area (Å²) in [7, 11) is 3.73. The molecule has 0 saturated carbocycles. The Hall–Kier alpha value is -4.05. The molecule has 4 rings (SSSR count). The zero-order valence-corrected chi connectivity index (χ0v) is 17.1. The third-order valence-electron chi connectivity index (χ3n) is 4.78. The van der Waals surface area contributed by atoms with Crippen LogP contribution in [-0.2, 0) is 6.42 Å². The Labute approximate surface area is 174 Å². The van der Waals surface area contributed by atoms with Crippen LogP contribution in [0.3, 0.4) is 0 Å². The van der Waals surface area contributed by atoms with E-state index in [9.17, 15) is 5.26 Å². The highest BCUT2D eigenvalue weighted by atomic mass is 15.4. The van der Waals surface area contributed by atoms with Crippen molar-refractivity contribution in [2.24, 2.45) is 4.99 Å². The molecule has 0 saturated heterocycles. The van der Waals surface area contributed by atoms with Crippen molar-refractivity contribution in [2.45, 2.75) is 13.3 Å². The predicted octanol–water partition coefficient (Wildman–Crippen LogP) is 3.81. The van der Waals surface area contributed by atoms with Gasteiger partial charge in [-0.15, -0.1) is 10.2 Å². The SMILES string of the molecule is Cc1c(C#N)c(N=CN(C)C)nn1-c1nnc(Cc2ccccc2)c2ccccc12. The molecule has 0 amide bonds. The molecule has 0 aliphatic heterocycles. The number of rotatable bonds is 5. The Balaban J connectivity index is 1.85. The second kappa shape index (κ2) is 8.13. The minimum Gasteiger partial charge on any atom is -0.369 e. The molecule has 0 spiro atoms. The van der Waals surface area contributed by atoms with E-state index in [2.05, 4.69) is 38.5 Å². The first kappa shape index (κ1) is 19.3. The van der Waals surface area contributed by atoms with E-state index in [4.69, 9.17) is 0 Å². The number of hydrogen-bond acceptors (Lipinski definition) is 5. The van der Waals surface area contributed by atoms with Gasteiger partial charge < -0.3 is 4.90 Å². The highest BCUT2D eigenvalue weighted by Crippen LogP contribution is 2.28. The van der Waals surface area contributed by atoms with E-state index < -0.39 is 0 Å². The standard InChI is InChI=1S/C23H21N7/c1-16-20(14-24)22(25-15-29(2)3)28-30(16)23-19-12-8-7-11-18(19)21(26-27-23)13-17-9-5-4-6-10-17/h4-12,15H,13H2,1-3H3. The summed E-state index contributed by atoms with van der Waals surface area (Å²) in [5.41, 5.74) is 3.18. The first-order chi connectivity index (χ1) is 14.6. The molecule has 0 aliphatic rings. The first-order valence-corrected chi connectivity index (χ1v) is 9.57. The van der Waals surface area contributed by atoms with Crippen LogP contribution in [-0.4, -0.2) is 45.3 Å². The maximum atomic E-state index is 9.62. The maximum Gasteiger partial charge on any atom is 0.194 e. The van der Waals surface area contributed by atoms with Gasteiger partial charge in [-0.3, -0.25) is 0 Å². The molecule has 0 aliphatic carbocycles. The van der Waals surface area contributed by atoms with Crippen LogP contribution in [0.5, 0.6) is 0 Å². The molecule has 0 unspecified atom stereocenters. The van der Waals surface area contributed by atoms with E-state index in [1.54, 1.807) is 15.9 Å². The Morgan fingerprint density at radius 2 is 1.73 bits per heavy atom. The molecule has 0 fully saturated rings. The quantitative estimate of drug-likeness (QED) is 0.379. The van der Waals surface area contributed by atoms with Crippen LogP contribution >= 0.6 is 0 Å². The molecule has 4 aromatic rings. The minimum absolute atomic E-state index is 0.364. The third kappa shape index (κ3) is 3.63. The van der Waals surface area contributed by atoms with E-state index in [0.717, 1.165) is 16.5 Å². The molecule has 0 bridgehead atoms. The summed E-state index contributed by atoms with van der Waals surface area (Å²) in [4.78, 5) is 6.13. The molecule has 30 heavy (non-hydrogen) atoms. The van der Waals surface area contributed by atoms with Gasteiger partial charge in [0.25, 0.3) is 0 Å². The van der Waals surface area contributed by atoms with Crippen LogP contribution in [0.25, 0.3) is 16.6 Å². The van der Waals surface area contributed by atoms with Crippen molar-refractivity contribution in [1.82, 2.24) is 24.9 Å². The summed E-state index contributed by atoms with van der Waals surface area (Å²) >= 11 is 0. The van der Waals surface area contributed by atoms with Crippen molar-refractivity contribution < 1.29 is 0 Å². The Kier molecular flexibility index (Phi) is 5.22. The highest BCUT2D eigenvalue weighted by Gasteiger charge is 2.19. The largest absolute Gasteiger partial charge is 0.369 e. The Morgan fingerprint density at radius 1 is 1.03 bits per heavy atom. The minimum atomic E-state index is 0.364. The number of fused-ring (bicyclic) bond motifs is 1. The number of nitriles is 1. The van der Waals surface area contributed by atoms with E-state index >= 15 is 0 Å². The van der Waals surface area contributed by atoms with Crippen LogP contribution in [0.15, 0.2) is 59.6 Å². The molecule has 148 valence electrons. The Bertz CT molecular complexity index is 1260. The monoisotopic (exact) mass is 395 g/mol. The maximum absolute atomic E-state index is 9.62. The van der Waals surface area contributed by atoms with Crippen molar-refractivity contribution in [3.63, 3.8) is 0 Å². The zero-order chi connectivity index (χ0) is 21.1. The fraction of sp³-hybridized carbons (Fsp3) is 0.174. The van der Waals surface area contributed by atoms with Crippen LogP contribution in [0, 0.1) is 18.3 Å². The predicted molar refractivity (Wildman–Crippen MR) is 117 cm³/mol. The van der Waals surface area contributed by atoms with Gasteiger partial charge in [0.2, 0.25) is 0 Å². The fourth-order valence-electron chi connectivity index (χ4n) is 3.31. The van der Waals surface area contributed by atoms with Gasteiger partial charge in [0, 0.05) is 31.3 Å². The highest BCUT2D eigenvalue weighted by molar-refractivity contribution is 5.90. The first-order valence-electron chi connectivity index (χ1n) is 9.57. The lowest BCUT2D eigenvalue weighted by molar-refractivity contribution is 0.642. The molecule has 0 atom stereocenters. The lowest BCUT2D eigenvalue weighted by Crippen LogP contribution is -2.08. The van der Waals surface area contributed by atoms with Crippen LogP contribution in [0.1, 0.15) is 22.5 Å². The average Bonchev–Trinajstić information content (AvgIpc) is 3.08. The molecule has 7 nitrogen and oxygen atoms in total. The molecular weight excluding hydrogens is 374 g/mol.